The molecule has 1 heterocycles. The molecule has 1 aliphatic rings. The molecule has 1 aromatic rings. The molecule has 0 bridgehead atoms. The largest absolute Gasteiger partial charge is 0.326 e. The van der Waals surface area contributed by atoms with Crippen molar-refractivity contribution >= 4 is 10.0 Å². The summed E-state index contributed by atoms with van der Waals surface area (Å²) in [7, 11) is -3.64. The molecule has 0 saturated carbocycles. The molecule has 1 saturated heterocycles. The first kappa shape index (κ1) is 13.5. The van der Waals surface area contributed by atoms with Crippen molar-refractivity contribution in [3.8, 4) is 0 Å². The molecule has 0 aliphatic carbocycles. The van der Waals surface area contributed by atoms with E-state index in [4.69, 9.17) is 5.73 Å². The second-order valence-electron chi connectivity index (χ2n) is 4.87. The first-order valence-corrected chi connectivity index (χ1v) is 7.28. The molecule has 1 fully saturated rings. The van der Waals surface area contributed by atoms with Crippen molar-refractivity contribution in [2.75, 3.05) is 13.1 Å². The molecule has 18 heavy (non-hydrogen) atoms. The number of benzene rings is 1. The number of halogens is 1. The first-order chi connectivity index (χ1) is 8.32. The fourth-order valence-corrected chi connectivity index (χ4v) is 3.95. The summed E-state index contributed by atoms with van der Waals surface area (Å²) in [6, 6.07) is 3.64. The average Bonchev–Trinajstić information content (AvgIpc) is 2.63. The predicted octanol–water partition coefficient (Wildman–Crippen LogP) is 1.10. The molecule has 2 rings (SSSR count). The molecule has 2 N–H and O–H groups in total. The second kappa shape index (κ2) is 4.60. The standard InChI is InChI=1S/C12H17FN2O2S/c1-8-3-4-10(13)5-12(8)18(16,17)15-6-9(2)11(14)7-15/h3-5,9,11H,6-7,14H2,1-2H3. The molecule has 0 amide bonds. The lowest BCUT2D eigenvalue weighted by Crippen LogP contribution is -2.32. The van der Waals surface area contributed by atoms with Crippen LogP contribution in [0.1, 0.15) is 12.5 Å². The summed E-state index contributed by atoms with van der Waals surface area (Å²) in [5.41, 5.74) is 6.38. The minimum Gasteiger partial charge on any atom is -0.326 e. The summed E-state index contributed by atoms with van der Waals surface area (Å²) >= 11 is 0. The SMILES string of the molecule is Cc1ccc(F)cc1S(=O)(=O)N1CC(C)C(N)C1. The number of nitrogens with zero attached hydrogens (tertiary/aromatic N) is 1. The third kappa shape index (κ3) is 2.28. The number of hydrogen-bond donors (Lipinski definition) is 1. The summed E-state index contributed by atoms with van der Waals surface area (Å²) in [6.07, 6.45) is 0. The van der Waals surface area contributed by atoms with E-state index in [0.29, 0.717) is 18.7 Å². The van der Waals surface area contributed by atoms with Crippen LogP contribution in [0.4, 0.5) is 4.39 Å². The fourth-order valence-electron chi connectivity index (χ4n) is 2.13. The Hall–Kier alpha value is -0.980. The highest BCUT2D eigenvalue weighted by atomic mass is 32.2. The maximum atomic E-state index is 13.2. The van der Waals surface area contributed by atoms with Gasteiger partial charge in [0.15, 0.2) is 0 Å². The van der Waals surface area contributed by atoms with Crippen LogP contribution in [0.15, 0.2) is 23.1 Å². The van der Waals surface area contributed by atoms with Gasteiger partial charge < -0.3 is 5.73 Å². The monoisotopic (exact) mass is 272 g/mol. The highest BCUT2D eigenvalue weighted by Gasteiger charge is 2.36. The van der Waals surface area contributed by atoms with E-state index in [1.54, 1.807) is 6.92 Å². The van der Waals surface area contributed by atoms with Crippen molar-refractivity contribution in [2.24, 2.45) is 11.7 Å². The molecular formula is C12H17FN2O2S. The van der Waals surface area contributed by atoms with Crippen molar-refractivity contribution < 1.29 is 12.8 Å². The number of nitrogens with two attached hydrogens (primary N) is 1. The van der Waals surface area contributed by atoms with Gasteiger partial charge in [-0.15, -0.1) is 0 Å². The molecule has 2 atom stereocenters. The van der Waals surface area contributed by atoms with Crippen molar-refractivity contribution in [1.29, 1.82) is 0 Å². The Labute approximate surface area is 107 Å². The third-order valence-corrected chi connectivity index (χ3v) is 5.38. The van der Waals surface area contributed by atoms with E-state index < -0.39 is 15.8 Å². The molecule has 1 aromatic carbocycles. The maximum absolute atomic E-state index is 13.2. The Kier molecular flexibility index (Phi) is 3.44. The van der Waals surface area contributed by atoms with Crippen LogP contribution in [0.5, 0.6) is 0 Å². The number of sulfonamides is 1. The zero-order valence-corrected chi connectivity index (χ0v) is 11.2. The van der Waals surface area contributed by atoms with Crippen LogP contribution < -0.4 is 5.73 Å². The molecule has 6 heteroatoms. The Bertz CT molecular complexity index is 549. The fraction of sp³-hybridized carbons (Fsp3) is 0.500. The van der Waals surface area contributed by atoms with Crippen LogP contribution in [0.3, 0.4) is 0 Å². The van der Waals surface area contributed by atoms with Gasteiger partial charge >= 0.3 is 0 Å². The molecule has 4 nitrogen and oxygen atoms in total. The van der Waals surface area contributed by atoms with Crippen molar-refractivity contribution in [2.45, 2.75) is 24.8 Å². The zero-order valence-electron chi connectivity index (χ0n) is 10.4. The van der Waals surface area contributed by atoms with E-state index in [-0.39, 0.29) is 16.9 Å². The summed E-state index contributed by atoms with van der Waals surface area (Å²) in [4.78, 5) is 0.0313. The minimum absolute atomic E-state index is 0.0313. The minimum atomic E-state index is -3.64. The molecular weight excluding hydrogens is 255 g/mol. The lowest BCUT2D eigenvalue weighted by Gasteiger charge is -2.17. The van der Waals surface area contributed by atoms with Crippen molar-refractivity contribution in [1.82, 2.24) is 4.31 Å². The van der Waals surface area contributed by atoms with E-state index >= 15 is 0 Å². The molecule has 100 valence electrons. The highest BCUT2D eigenvalue weighted by Crippen LogP contribution is 2.26. The van der Waals surface area contributed by atoms with Crippen LogP contribution in [0.25, 0.3) is 0 Å². The van der Waals surface area contributed by atoms with E-state index in [0.717, 1.165) is 6.07 Å². The molecule has 0 aromatic heterocycles. The summed E-state index contributed by atoms with van der Waals surface area (Å²) in [5, 5.41) is 0. The van der Waals surface area contributed by atoms with Gasteiger partial charge in [-0.05, 0) is 30.5 Å². The summed E-state index contributed by atoms with van der Waals surface area (Å²) < 4.78 is 39.4. The Morgan fingerprint density at radius 3 is 2.61 bits per heavy atom. The maximum Gasteiger partial charge on any atom is 0.243 e. The van der Waals surface area contributed by atoms with E-state index in [1.807, 2.05) is 6.92 Å². The summed E-state index contributed by atoms with van der Waals surface area (Å²) in [5.74, 6) is -0.427. The zero-order chi connectivity index (χ0) is 13.5. The molecule has 2 unspecified atom stereocenters. The van der Waals surface area contributed by atoms with Gasteiger partial charge in [-0.3, -0.25) is 0 Å². The highest BCUT2D eigenvalue weighted by molar-refractivity contribution is 7.89. The van der Waals surface area contributed by atoms with Crippen molar-refractivity contribution in [3.63, 3.8) is 0 Å². The van der Waals surface area contributed by atoms with Crippen LogP contribution in [-0.2, 0) is 10.0 Å². The topological polar surface area (TPSA) is 63.4 Å². The second-order valence-corrected chi connectivity index (χ2v) is 6.78. The van der Waals surface area contributed by atoms with Crippen LogP contribution in [0.2, 0.25) is 0 Å². The first-order valence-electron chi connectivity index (χ1n) is 5.84. The van der Waals surface area contributed by atoms with Crippen LogP contribution in [0, 0.1) is 18.7 Å². The normalized spacial score (nSPS) is 25.6. The predicted molar refractivity (Wildman–Crippen MR) is 67.0 cm³/mol. The van der Waals surface area contributed by atoms with Gasteiger partial charge in [-0.25, -0.2) is 12.8 Å². The van der Waals surface area contributed by atoms with Gasteiger partial charge in [0.2, 0.25) is 10.0 Å². The van der Waals surface area contributed by atoms with Gasteiger partial charge in [-0.1, -0.05) is 13.0 Å². The molecule has 0 radical (unpaired) electrons. The number of aryl methyl sites for hydroxylation is 1. The van der Waals surface area contributed by atoms with E-state index in [1.165, 1.54) is 16.4 Å². The van der Waals surface area contributed by atoms with E-state index in [2.05, 4.69) is 0 Å². The van der Waals surface area contributed by atoms with E-state index in [9.17, 15) is 12.8 Å². The van der Waals surface area contributed by atoms with Gasteiger partial charge in [0.1, 0.15) is 5.82 Å². The van der Waals surface area contributed by atoms with Crippen LogP contribution in [-0.4, -0.2) is 31.9 Å². The number of rotatable bonds is 2. The smallest absolute Gasteiger partial charge is 0.243 e. The Balaban J connectivity index is 2.40. The van der Waals surface area contributed by atoms with Crippen molar-refractivity contribution in [3.05, 3.63) is 29.6 Å². The summed E-state index contributed by atoms with van der Waals surface area (Å²) in [6.45, 7) is 4.25. The van der Waals surface area contributed by atoms with Crippen LogP contribution >= 0.6 is 0 Å². The van der Waals surface area contributed by atoms with Gasteiger partial charge in [0.25, 0.3) is 0 Å². The Morgan fingerprint density at radius 1 is 1.39 bits per heavy atom. The quantitative estimate of drug-likeness (QED) is 0.877. The molecule has 1 aliphatic heterocycles. The Morgan fingerprint density at radius 2 is 2.06 bits per heavy atom. The lowest BCUT2D eigenvalue weighted by atomic mass is 10.1. The van der Waals surface area contributed by atoms with Gasteiger partial charge in [0.05, 0.1) is 4.90 Å². The molecule has 0 spiro atoms. The average molecular weight is 272 g/mol. The lowest BCUT2D eigenvalue weighted by molar-refractivity contribution is 0.463. The number of hydrogen-bond acceptors (Lipinski definition) is 3. The van der Waals surface area contributed by atoms with Gasteiger partial charge in [-0.2, -0.15) is 4.31 Å². The van der Waals surface area contributed by atoms with Gasteiger partial charge in [0, 0.05) is 19.1 Å². The third-order valence-electron chi connectivity index (χ3n) is 3.40.